The first-order chi connectivity index (χ1) is 12.1. The fourth-order valence-electron chi connectivity index (χ4n) is 6.04. The summed E-state index contributed by atoms with van der Waals surface area (Å²) < 4.78 is 6.11. The molecule has 0 atom stereocenters. The van der Waals surface area contributed by atoms with Gasteiger partial charge in [0.05, 0.1) is 11.6 Å². The van der Waals surface area contributed by atoms with Crippen LogP contribution >= 0.6 is 11.6 Å². The fraction of sp³-hybridized carbons (Fsp3) is 0.545. The summed E-state index contributed by atoms with van der Waals surface area (Å²) in [5.41, 5.74) is 2.53. The van der Waals surface area contributed by atoms with Gasteiger partial charge in [-0.3, -0.25) is 0 Å². The molecule has 1 aromatic heterocycles. The lowest BCUT2D eigenvalue weighted by atomic mass is 9.53. The van der Waals surface area contributed by atoms with Gasteiger partial charge in [0.15, 0.2) is 0 Å². The molecule has 4 saturated carbocycles. The van der Waals surface area contributed by atoms with Gasteiger partial charge in [0.25, 0.3) is 0 Å². The molecule has 0 unspecified atom stereocenters. The van der Waals surface area contributed by atoms with Crippen LogP contribution < -0.4 is 5.32 Å². The van der Waals surface area contributed by atoms with Crippen molar-refractivity contribution in [1.82, 2.24) is 5.32 Å². The van der Waals surface area contributed by atoms with Crippen molar-refractivity contribution >= 4 is 11.6 Å². The molecule has 2 aromatic rings. The van der Waals surface area contributed by atoms with Gasteiger partial charge in [0, 0.05) is 11.1 Å². The lowest BCUT2D eigenvalue weighted by Crippen LogP contribution is -2.58. The third kappa shape index (κ3) is 2.94. The van der Waals surface area contributed by atoms with Crippen molar-refractivity contribution in [2.45, 2.75) is 57.5 Å². The molecular formula is C22H26ClNO. The SMILES string of the molecule is Cc1ccc(-c2ccc(CNC34CC5CC(CC(C5)C3)C4)o2)c(Cl)c1. The molecule has 6 rings (SSSR count). The van der Waals surface area contributed by atoms with Crippen LogP contribution in [-0.4, -0.2) is 5.54 Å². The zero-order chi connectivity index (χ0) is 17.0. The summed E-state index contributed by atoms with van der Waals surface area (Å²) in [6, 6.07) is 10.3. The Labute approximate surface area is 154 Å². The van der Waals surface area contributed by atoms with Crippen LogP contribution in [-0.2, 0) is 6.54 Å². The smallest absolute Gasteiger partial charge is 0.135 e. The van der Waals surface area contributed by atoms with Gasteiger partial charge < -0.3 is 9.73 Å². The average molecular weight is 356 g/mol. The highest BCUT2D eigenvalue weighted by Crippen LogP contribution is 2.55. The van der Waals surface area contributed by atoms with Crippen molar-refractivity contribution in [2.75, 3.05) is 0 Å². The maximum atomic E-state index is 6.39. The number of nitrogens with one attached hydrogen (secondary N) is 1. The van der Waals surface area contributed by atoms with Crippen molar-refractivity contribution in [1.29, 1.82) is 0 Å². The summed E-state index contributed by atoms with van der Waals surface area (Å²) in [6.07, 6.45) is 8.57. The van der Waals surface area contributed by atoms with Crippen LogP contribution in [0.5, 0.6) is 0 Å². The molecule has 2 nitrogen and oxygen atoms in total. The third-order valence-electron chi connectivity index (χ3n) is 6.73. The van der Waals surface area contributed by atoms with Crippen molar-refractivity contribution in [3.63, 3.8) is 0 Å². The normalized spacial score (nSPS) is 33.1. The van der Waals surface area contributed by atoms with Gasteiger partial charge in [-0.05, 0) is 93.0 Å². The average Bonchev–Trinajstić information content (AvgIpc) is 3.00. The molecule has 3 heteroatoms. The Morgan fingerprint density at radius 1 is 1.04 bits per heavy atom. The number of furan rings is 1. The molecule has 4 aliphatic carbocycles. The highest BCUT2D eigenvalue weighted by molar-refractivity contribution is 6.33. The second kappa shape index (κ2) is 5.89. The maximum absolute atomic E-state index is 6.39. The van der Waals surface area contributed by atoms with E-state index in [1.165, 1.54) is 44.1 Å². The summed E-state index contributed by atoms with van der Waals surface area (Å²) in [5, 5.41) is 4.66. The van der Waals surface area contributed by atoms with Crippen molar-refractivity contribution in [3.05, 3.63) is 46.7 Å². The van der Waals surface area contributed by atoms with E-state index in [9.17, 15) is 0 Å². The summed E-state index contributed by atoms with van der Waals surface area (Å²) in [6.45, 7) is 2.88. The first-order valence-electron chi connectivity index (χ1n) is 9.69. The molecule has 0 spiro atoms. The highest BCUT2D eigenvalue weighted by atomic mass is 35.5. The summed E-state index contributed by atoms with van der Waals surface area (Å²) in [7, 11) is 0. The van der Waals surface area contributed by atoms with Crippen LogP contribution in [0.25, 0.3) is 11.3 Å². The Hall–Kier alpha value is -1.25. The molecule has 1 aromatic carbocycles. The standard InChI is InChI=1S/C22H26ClNO/c1-14-2-4-19(20(23)6-14)21-5-3-18(25-21)13-24-22-10-15-7-16(11-22)9-17(8-15)12-22/h2-6,15-17,24H,7-13H2,1H3. The Bertz CT molecular complexity index is 758. The maximum Gasteiger partial charge on any atom is 0.135 e. The van der Waals surface area contributed by atoms with Crippen LogP contribution in [0.1, 0.15) is 49.8 Å². The van der Waals surface area contributed by atoms with Gasteiger partial charge in [0.2, 0.25) is 0 Å². The number of benzene rings is 1. The highest BCUT2D eigenvalue weighted by Gasteiger charge is 2.50. The van der Waals surface area contributed by atoms with Gasteiger partial charge in [-0.15, -0.1) is 0 Å². The monoisotopic (exact) mass is 355 g/mol. The van der Waals surface area contributed by atoms with E-state index in [0.29, 0.717) is 5.54 Å². The second-order valence-corrected chi connectivity index (χ2v) is 9.21. The Balaban J connectivity index is 1.30. The quantitative estimate of drug-likeness (QED) is 0.731. The van der Waals surface area contributed by atoms with E-state index in [-0.39, 0.29) is 0 Å². The van der Waals surface area contributed by atoms with Crippen LogP contribution in [0.3, 0.4) is 0 Å². The van der Waals surface area contributed by atoms with E-state index in [4.69, 9.17) is 16.0 Å². The number of hydrogen-bond donors (Lipinski definition) is 1. The molecule has 4 bridgehead atoms. The zero-order valence-electron chi connectivity index (χ0n) is 14.9. The minimum Gasteiger partial charge on any atom is -0.460 e. The zero-order valence-corrected chi connectivity index (χ0v) is 15.6. The number of hydrogen-bond acceptors (Lipinski definition) is 2. The molecule has 4 aliphatic rings. The van der Waals surface area contributed by atoms with Crippen LogP contribution in [0.15, 0.2) is 34.7 Å². The molecule has 1 heterocycles. The van der Waals surface area contributed by atoms with E-state index in [1.807, 2.05) is 18.2 Å². The molecule has 0 radical (unpaired) electrons. The van der Waals surface area contributed by atoms with Crippen molar-refractivity contribution in [3.8, 4) is 11.3 Å². The first-order valence-corrected chi connectivity index (χ1v) is 10.1. The predicted molar refractivity (Wildman–Crippen MR) is 102 cm³/mol. The summed E-state index contributed by atoms with van der Waals surface area (Å²) in [5.74, 6) is 4.79. The van der Waals surface area contributed by atoms with Gasteiger partial charge in [-0.25, -0.2) is 0 Å². The Kier molecular flexibility index (Phi) is 3.76. The lowest BCUT2D eigenvalue weighted by molar-refractivity contribution is -0.0213. The fourth-order valence-corrected chi connectivity index (χ4v) is 6.37. The molecule has 132 valence electrons. The van der Waals surface area contributed by atoms with Gasteiger partial charge in [-0.2, -0.15) is 0 Å². The lowest BCUT2D eigenvalue weighted by Gasteiger charge is -2.57. The van der Waals surface area contributed by atoms with Gasteiger partial charge >= 0.3 is 0 Å². The van der Waals surface area contributed by atoms with E-state index >= 15 is 0 Å². The minimum absolute atomic E-state index is 0.378. The molecule has 1 N–H and O–H groups in total. The van der Waals surface area contributed by atoms with Crippen molar-refractivity contribution in [2.24, 2.45) is 17.8 Å². The first kappa shape index (κ1) is 16.0. The molecule has 0 saturated heterocycles. The Morgan fingerprint density at radius 3 is 2.36 bits per heavy atom. The predicted octanol–water partition coefficient (Wildman–Crippen LogP) is 5.97. The van der Waals surface area contributed by atoms with Gasteiger partial charge in [0.1, 0.15) is 11.5 Å². The van der Waals surface area contributed by atoms with E-state index in [1.54, 1.807) is 0 Å². The number of rotatable bonds is 4. The topological polar surface area (TPSA) is 25.2 Å². The molecule has 25 heavy (non-hydrogen) atoms. The van der Waals surface area contributed by atoms with Crippen LogP contribution in [0.2, 0.25) is 5.02 Å². The molecular weight excluding hydrogens is 330 g/mol. The molecule has 0 aliphatic heterocycles. The minimum atomic E-state index is 0.378. The summed E-state index contributed by atoms with van der Waals surface area (Å²) in [4.78, 5) is 0. The molecule has 0 amide bonds. The summed E-state index contributed by atoms with van der Waals surface area (Å²) >= 11 is 6.39. The van der Waals surface area contributed by atoms with Gasteiger partial charge in [-0.1, -0.05) is 17.7 Å². The molecule has 4 fully saturated rings. The number of aryl methyl sites for hydroxylation is 1. The number of halogens is 1. The van der Waals surface area contributed by atoms with E-state index in [0.717, 1.165) is 46.4 Å². The van der Waals surface area contributed by atoms with E-state index in [2.05, 4.69) is 24.4 Å². The Morgan fingerprint density at radius 2 is 1.72 bits per heavy atom. The van der Waals surface area contributed by atoms with Crippen LogP contribution in [0.4, 0.5) is 0 Å². The largest absolute Gasteiger partial charge is 0.460 e. The third-order valence-corrected chi connectivity index (χ3v) is 7.04. The van der Waals surface area contributed by atoms with E-state index < -0.39 is 0 Å². The second-order valence-electron chi connectivity index (χ2n) is 8.80. The van der Waals surface area contributed by atoms with Crippen LogP contribution in [0, 0.1) is 24.7 Å². The van der Waals surface area contributed by atoms with Crippen molar-refractivity contribution < 1.29 is 4.42 Å².